The lowest BCUT2D eigenvalue weighted by molar-refractivity contribution is 0.646. The molecular weight excluding hydrogens is 217 g/mol. The molecule has 0 bridgehead atoms. The van der Waals surface area contributed by atoms with Gasteiger partial charge >= 0.3 is 0 Å². The van der Waals surface area contributed by atoms with E-state index in [2.05, 4.69) is 50.0 Å². The van der Waals surface area contributed by atoms with Crippen molar-refractivity contribution in [3.63, 3.8) is 0 Å². The summed E-state index contributed by atoms with van der Waals surface area (Å²) in [6.45, 7) is 10.0. The molecule has 0 amide bonds. The Morgan fingerprint density at radius 2 is 1.94 bits per heavy atom. The Balaban J connectivity index is 2.69. The molecule has 1 aromatic carbocycles. The fraction of sp³-hybridized carbons (Fsp3) is 0.375. The van der Waals surface area contributed by atoms with Gasteiger partial charge in [0, 0.05) is 11.4 Å². The van der Waals surface area contributed by atoms with Gasteiger partial charge in [0.05, 0.1) is 7.85 Å². The largest absolute Gasteiger partial charge is 0.359 e. The smallest absolute Gasteiger partial charge is 0.0656 e. The third kappa shape index (κ3) is 4.44. The van der Waals surface area contributed by atoms with Crippen LogP contribution in [0.4, 0.5) is 5.69 Å². The van der Waals surface area contributed by atoms with Crippen molar-refractivity contribution >= 4 is 13.5 Å². The van der Waals surface area contributed by atoms with Crippen LogP contribution < -0.4 is 5.32 Å². The van der Waals surface area contributed by atoms with Gasteiger partial charge in [-0.3, -0.25) is 0 Å². The molecule has 1 N–H and O–H groups in total. The van der Waals surface area contributed by atoms with Crippen molar-refractivity contribution < 1.29 is 0 Å². The predicted molar refractivity (Wildman–Crippen MR) is 82.1 cm³/mol. The zero-order chi connectivity index (χ0) is 13.5. The molecule has 0 aliphatic carbocycles. The van der Waals surface area contributed by atoms with Crippen LogP contribution in [0.25, 0.3) is 0 Å². The fourth-order valence-corrected chi connectivity index (χ4v) is 1.68. The maximum atomic E-state index is 5.64. The lowest BCUT2D eigenvalue weighted by atomic mass is 9.88. The quantitative estimate of drug-likeness (QED) is 0.575. The zero-order valence-electron chi connectivity index (χ0n) is 11.7. The second kappa shape index (κ2) is 7.10. The molecule has 0 aliphatic rings. The lowest BCUT2D eigenvalue weighted by Crippen LogP contribution is -2.00. The van der Waals surface area contributed by atoms with E-state index >= 15 is 0 Å². The van der Waals surface area contributed by atoms with E-state index in [1.54, 1.807) is 0 Å². The summed E-state index contributed by atoms with van der Waals surface area (Å²) in [7, 11) is 5.64. The van der Waals surface area contributed by atoms with Crippen molar-refractivity contribution in [2.75, 3.05) is 5.32 Å². The monoisotopic (exact) mass is 239 g/mol. The van der Waals surface area contributed by atoms with Crippen LogP contribution in [-0.4, -0.2) is 7.85 Å². The number of hydrogen-bond acceptors (Lipinski definition) is 1. The first-order valence-electron chi connectivity index (χ1n) is 6.42. The van der Waals surface area contributed by atoms with Crippen LogP contribution in [-0.2, 0) is 6.42 Å². The van der Waals surface area contributed by atoms with E-state index in [1.165, 1.54) is 5.56 Å². The summed E-state index contributed by atoms with van der Waals surface area (Å²) < 4.78 is 0. The van der Waals surface area contributed by atoms with Crippen LogP contribution in [0.5, 0.6) is 0 Å². The van der Waals surface area contributed by atoms with Crippen molar-refractivity contribution in [3.8, 4) is 0 Å². The van der Waals surface area contributed by atoms with E-state index in [0.29, 0.717) is 5.92 Å². The van der Waals surface area contributed by atoms with Crippen LogP contribution >= 0.6 is 0 Å². The second-order valence-electron chi connectivity index (χ2n) is 4.88. The van der Waals surface area contributed by atoms with Gasteiger partial charge < -0.3 is 5.32 Å². The molecule has 2 radical (unpaired) electrons. The van der Waals surface area contributed by atoms with Gasteiger partial charge in [-0.25, -0.2) is 0 Å². The maximum absolute atomic E-state index is 5.64. The van der Waals surface area contributed by atoms with Crippen molar-refractivity contribution in [3.05, 3.63) is 53.8 Å². The van der Waals surface area contributed by atoms with Crippen molar-refractivity contribution in [2.24, 2.45) is 5.92 Å². The number of benzene rings is 1. The standard InChI is InChI=1S/C16H22BN/c1-5-13(3)14(4)18-16-8-6-15(7-9-16)10-12(2)11-17/h5-9,12,18H,1,10-11H2,2-4H3/b14-13-. The third-order valence-corrected chi connectivity index (χ3v) is 3.17. The van der Waals surface area contributed by atoms with Crippen molar-refractivity contribution in [1.29, 1.82) is 0 Å². The minimum absolute atomic E-state index is 0.536. The van der Waals surface area contributed by atoms with Gasteiger partial charge in [0.2, 0.25) is 0 Å². The molecule has 0 heterocycles. The van der Waals surface area contributed by atoms with Crippen LogP contribution in [0.3, 0.4) is 0 Å². The number of hydrogen-bond donors (Lipinski definition) is 1. The summed E-state index contributed by atoms with van der Waals surface area (Å²) in [6, 6.07) is 8.53. The third-order valence-electron chi connectivity index (χ3n) is 3.17. The number of rotatable bonds is 6. The average molecular weight is 239 g/mol. The van der Waals surface area contributed by atoms with E-state index in [9.17, 15) is 0 Å². The van der Waals surface area contributed by atoms with Crippen LogP contribution in [0, 0.1) is 5.92 Å². The van der Waals surface area contributed by atoms with Crippen LogP contribution in [0.15, 0.2) is 48.2 Å². The van der Waals surface area contributed by atoms with Crippen LogP contribution in [0.2, 0.25) is 6.32 Å². The van der Waals surface area contributed by atoms with E-state index < -0.39 is 0 Å². The second-order valence-corrected chi connectivity index (χ2v) is 4.88. The van der Waals surface area contributed by atoms with E-state index in [4.69, 9.17) is 7.85 Å². The van der Waals surface area contributed by atoms with Gasteiger partial charge in [-0.15, -0.1) is 0 Å². The molecule has 0 saturated heterocycles. The molecule has 18 heavy (non-hydrogen) atoms. The normalized spacial score (nSPS) is 13.7. The predicted octanol–water partition coefficient (Wildman–Crippen LogP) is 4.34. The van der Waals surface area contributed by atoms with Gasteiger partial charge in [-0.05, 0) is 49.5 Å². The molecule has 0 spiro atoms. The molecule has 0 aromatic heterocycles. The highest BCUT2D eigenvalue weighted by Gasteiger charge is 2.01. The first kappa shape index (κ1) is 14.6. The van der Waals surface area contributed by atoms with Gasteiger partial charge in [0.15, 0.2) is 0 Å². The minimum atomic E-state index is 0.536. The topological polar surface area (TPSA) is 12.0 Å². The summed E-state index contributed by atoms with van der Waals surface area (Å²) >= 11 is 0. The SMILES string of the molecule is [B]CC(C)Cc1ccc(N/C(C)=C(/C)C=C)cc1. The molecule has 94 valence electrons. The average Bonchev–Trinajstić information content (AvgIpc) is 2.39. The highest BCUT2D eigenvalue weighted by molar-refractivity contribution is 6.08. The highest BCUT2D eigenvalue weighted by atomic mass is 14.9. The fourth-order valence-electron chi connectivity index (χ4n) is 1.68. The summed E-state index contributed by atoms with van der Waals surface area (Å²) in [5, 5.41) is 3.37. The van der Waals surface area contributed by atoms with Gasteiger partial charge in [0.1, 0.15) is 0 Å². The van der Waals surface area contributed by atoms with Gasteiger partial charge in [0.25, 0.3) is 0 Å². The first-order valence-corrected chi connectivity index (χ1v) is 6.42. The molecular formula is C16H22BN. The number of allylic oxidation sites excluding steroid dienone is 3. The summed E-state index contributed by atoms with van der Waals surface area (Å²) in [6.07, 6.45) is 3.64. The molecule has 1 nitrogen and oxygen atoms in total. The van der Waals surface area contributed by atoms with E-state index in [-0.39, 0.29) is 0 Å². The Morgan fingerprint density at radius 3 is 2.44 bits per heavy atom. The lowest BCUT2D eigenvalue weighted by Gasteiger charge is -2.11. The number of anilines is 1. The van der Waals surface area contributed by atoms with Crippen molar-refractivity contribution in [2.45, 2.75) is 33.5 Å². The molecule has 2 heteroatoms. The Morgan fingerprint density at radius 1 is 1.33 bits per heavy atom. The zero-order valence-corrected chi connectivity index (χ0v) is 11.7. The van der Waals surface area contributed by atoms with Crippen molar-refractivity contribution in [1.82, 2.24) is 0 Å². The van der Waals surface area contributed by atoms with Gasteiger partial charge in [-0.2, -0.15) is 0 Å². The highest BCUT2D eigenvalue weighted by Crippen LogP contribution is 2.17. The Hall–Kier alpha value is -1.44. The molecule has 0 aliphatic heterocycles. The maximum Gasteiger partial charge on any atom is 0.0656 e. The summed E-state index contributed by atoms with van der Waals surface area (Å²) in [5.41, 5.74) is 4.74. The Bertz CT molecular complexity index is 417. The van der Waals surface area contributed by atoms with Gasteiger partial charge in [-0.1, -0.05) is 38.0 Å². The number of nitrogens with one attached hydrogen (secondary N) is 1. The van der Waals surface area contributed by atoms with E-state index in [0.717, 1.165) is 29.7 Å². The Labute approximate surface area is 112 Å². The molecule has 1 aromatic rings. The molecule has 1 atom stereocenters. The minimum Gasteiger partial charge on any atom is -0.359 e. The molecule has 1 rings (SSSR count). The van der Waals surface area contributed by atoms with E-state index in [1.807, 2.05) is 13.0 Å². The molecule has 0 saturated carbocycles. The summed E-state index contributed by atoms with van der Waals surface area (Å²) in [4.78, 5) is 0. The molecule has 0 fully saturated rings. The molecule has 1 unspecified atom stereocenters. The Kier molecular flexibility index (Phi) is 5.77. The first-order chi connectivity index (χ1) is 8.56. The van der Waals surface area contributed by atoms with Crippen LogP contribution in [0.1, 0.15) is 26.3 Å². The summed E-state index contributed by atoms with van der Waals surface area (Å²) in [5.74, 6) is 0.536.